The fourth-order valence-electron chi connectivity index (χ4n) is 13.0. The van der Waals surface area contributed by atoms with Gasteiger partial charge in [-0.3, -0.25) is 4.98 Å². The van der Waals surface area contributed by atoms with Crippen molar-refractivity contribution in [3.05, 3.63) is 186 Å². The Bertz CT molecular complexity index is 4590. The van der Waals surface area contributed by atoms with E-state index in [1.54, 1.807) is 0 Å². The van der Waals surface area contributed by atoms with Crippen molar-refractivity contribution in [1.82, 2.24) is 4.98 Å². The molecular weight excluding hydrogens is 891 g/mol. The van der Waals surface area contributed by atoms with Gasteiger partial charge in [-0.05, 0) is 216 Å². The van der Waals surface area contributed by atoms with Crippen LogP contribution in [-0.2, 0) is 21.7 Å². The van der Waals surface area contributed by atoms with Crippen molar-refractivity contribution in [2.45, 2.75) is 105 Å². The normalized spacial score (nSPS) is 13.4. The summed E-state index contributed by atoms with van der Waals surface area (Å²) < 4.78 is 0. The SMILES string of the molecule is CC(C)(C)c1cc(-c2c3cc4c(cc3c(-c3cc(C(C)(C)C)cc(C(C)(C)C)c3)c3c5cc6cc(-c7ccccn7)ccc6c6cccc(c23)c65)c2ccc3ccc5cccc6cc4c2c3c56)cc(C(C)(C)C)c1. The summed E-state index contributed by atoms with van der Waals surface area (Å²) in [7, 11) is 0. The first-order valence-electron chi connectivity index (χ1n) is 26.8. The lowest BCUT2D eigenvalue weighted by Crippen LogP contribution is -2.16. The number of nitrogens with zero attached hydrogens (tertiary/aromatic N) is 1. The van der Waals surface area contributed by atoms with E-state index in [0.29, 0.717) is 0 Å². The zero-order chi connectivity index (χ0) is 51.1. The molecule has 14 rings (SSSR count). The molecule has 0 aliphatic heterocycles. The van der Waals surface area contributed by atoms with Crippen molar-refractivity contribution < 1.29 is 0 Å². The Balaban J connectivity index is 1.27. The van der Waals surface area contributed by atoms with Crippen LogP contribution in [0.5, 0.6) is 0 Å². The molecule has 0 unspecified atom stereocenters. The summed E-state index contributed by atoms with van der Waals surface area (Å²) in [6.07, 6.45) is 1.90. The predicted octanol–water partition coefficient (Wildman–Crippen LogP) is 21.1. The number of fused-ring (bicyclic) bond motifs is 9. The Labute approximate surface area is 434 Å². The molecule has 0 radical (unpaired) electrons. The Hall–Kier alpha value is -7.61. The third kappa shape index (κ3) is 6.51. The van der Waals surface area contributed by atoms with Crippen LogP contribution in [0.1, 0.15) is 105 Å². The molecule has 13 aromatic carbocycles. The zero-order valence-electron chi connectivity index (χ0n) is 45.0. The average molecular weight is 954 g/mol. The summed E-state index contributed by atoms with van der Waals surface area (Å²) in [5, 5.41) is 26.4. The smallest absolute Gasteiger partial charge is 0.0702 e. The summed E-state index contributed by atoms with van der Waals surface area (Å²) in [4.78, 5) is 4.83. The number of aromatic nitrogens is 1. The standard InChI is InChI=1S/C73H63N/c1-70(2,3)47-30-45(31-48(36-47)71(4,5)6)63-59-39-56-55(53-27-24-41-23-22-40-17-15-18-43-34-57(56)67(53)65(41)62(40)43)38-58(59)64(46-32-49(72(7,8)9)37-50(33-46)73(10,11)12)69-60-35-44-29-42(61-21-13-14-28-74-61)25-26-51(44)52-19-16-20-54(66(52)60)68(63)69/h13-39H,1-12H3. The third-order valence-electron chi connectivity index (χ3n) is 17.0. The van der Waals surface area contributed by atoms with Gasteiger partial charge in [-0.2, -0.15) is 0 Å². The van der Waals surface area contributed by atoms with Gasteiger partial charge in [-0.25, -0.2) is 0 Å². The van der Waals surface area contributed by atoms with E-state index in [1.807, 2.05) is 12.3 Å². The Kier molecular flexibility index (Phi) is 9.14. The van der Waals surface area contributed by atoms with Crippen LogP contribution in [-0.4, -0.2) is 4.98 Å². The van der Waals surface area contributed by atoms with Crippen LogP contribution in [0.25, 0.3) is 141 Å². The molecule has 0 spiro atoms. The van der Waals surface area contributed by atoms with Gasteiger partial charge in [0.25, 0.3) is 0 Å². The second kappa shape index (κ2) is 15.0. The van der Waals surface area contributed by atoms with Crippen molar-refractivity contribution in [1.29, 1.82) is 0 Å². The molecule has 360 valence electrons. The van der Waals surface area contributed by atoms with Crippen LogP contribution in [0.15, 0.2) is 164 Å². The maximum absolute atomic E-state index is 4.83. The van der Waals surface area contributed by atoms with Crippen LogP contribution in [0.4, 0.5) is 0 Å². The molecule has 1 heteroatoms. The predicted molar refractivity (Wildman–Crippen MR) is 324 cm³/mol. The van der Waals surface area contributed by atoms with Gasteiger partial charge in [-0.15, -0.1) is 0 Å². The molecule has 0 fully saturated rings. The molecule has 0 amide bonds. The van der Waals surface area contributed by atoms with Gasteiger partial charge < -0.3 is 0 Å². The average Bonchev–Trinajstić information content (AvgIpc) is 3.87. The topological polar surface area (TPSA) is 12.9 Å². The molecule has 0 saturated heterocycles. The van der Waals surface area contributed by atoms with E-state index in [-0.39, 0.29) is 21.7 Å². The molecule has 0 aliphatic rings. The number of pyridine rings is 1. The number of rotatable bonds is 3. The molecule has 0 bridgehead atoms. The monoisotopic (exact) mass is 953 g/mol. The first-order chi connectivity index (χ1) is 35.2. The van der Waals surface area contributed by atoms with Gasteiger partial charge in [0, 0.05) is 11.8 Å². The molecule has 1 heterocycles. The van der Waals surface area contributed by atoms with E-state index in [2.05, 4.69) is 235 Å². The second-order valence-corrected chi connectivity index (χ2v) is 26.0. The number of hydrogen-bond donors (Lipinski definition) is 0. The largest absolute Gasteiger partial charge is 0.256 e. The minimum Gasteiger partial charge on any atom is -0.256 e. The van der Waals surface area contributed by atoms with E-state index >= 15 is 0 Å². The fourth-order valence-corrected chi connectivity index (χ4v) is 13.0. The summed E-state index contributed by atoms with van der Waals surface area (Å²) in [5.41, 5.74) is 12.4. The van der Waals surface area contributed by atoms with Crippen molar-refractivity contribution in [3.63, 3.8) is 0 Å². The van der Waals surface area contributed by atoms with Crippen LogP contribution in [0.3, 0.4) is 0 Å². The second-order valence-electron chi connectivity index (χ2n) is 26.0. The summed E-state index contributed by atoms with van der Waals surface area (Å²) >= 11 is 0. The Morgan fingerprint density at radius 2 is 0.757 bits per heavy atom. The first-order valence-corrected chi connectivity index (χ1v) is 26.8. The molecular formula is C73H63N. The van der Waals surface area contributed by atoms with E-state index in [9.17, 15) is 0 Å². The van der Waals surface area contributed by atoms with Gasteiger partial charge in [-0.1, -0.05) is 198 Å². The quantitative estimate of drug-likeness (QED) is 0.161. The van der Waals surface area contributed by atoms with Gasteiger partial charge >= 0.3 is 0 Å². The molecule has 0 saturated carbocycles. The summed E-state index contributed by atoms with van der Waals surface area (Å²) in [6.45, 7) is 28.5. The van der Waals surface area contributed by atoms with Crippen LogP contribution < -0.4 is 0 Å². The zero-order valence-corrected chi connectivity index (χ0v) is 45.0. The van der Waals surface area contributed by atoms with Crippen LogP contribution in [0.2, 0.25) is 0 Å². The van der Waals surface area contributed by atoms with Crippen molar-refractivity contribution in [2.75, 3.05) is 0 Å². The third-order valence-corrected chi connectivity index (χ3v) is 17.0. The molecule has 0 atom stereocenters. The van der Waals surface area contributed by atoms with Crippen LogP contribution >= 0.6 is 0 Å². The molecule has 1 nitrogen and oxygen atoms in total. The highest BCUT2D eigenvalue weighted by Gasteiger charge is 2.30. The van der Waals surface area contributed by atoms with Crippen molar-refractivity contribution in [2.24, 2.45) is 0 Å². The lowest BCUT2D eigenvalue weighted by molar-refractivity contribution is 0.568. The first kappa shape index (κ1) is 45.0. The molecule has 14 aromatic rings. The van der Waals surface area contributed by atoms with E-state index in [0.717, 1.165) is 11.3 Å². The minimum absolute atomic E-state index is 0.0761. The van der Waals surface area contributed by atoms with Crippen molar-refractivity contribution >= 4 is 108 Å². The Morgan fingerprint density at radius 3 is 1.35 bits per heavy atom. The van der Waals surface area contributed by atoms with Crippen molar-refractivity contribution in [3.8, 4) is 33.5 Å². The lowest BCUT2D eigenvalue weighted by atomic mass is 9.76. The highest BCUT2D eigenvalue weighted by molar-refractivity contribution is 6.45. The van der Waals surface area contributed by atoms with E-state index < -0.39 is 0 Å². The van der Waals surface area contributed by atoms with Crippen LogP contribution in [0, 0.1) is 0 Å². The molecule has 74 heavy (non-hydrogen) atoms. The van der Waals surface area contributed by atoms with Gasteiger partial charge in [0.15, 0.2) is 0 Å². The Morgan fingerprint density at radius 1 is 0.257 bits per heavy atom. The molecule has 0 N–H and O–H groups in total. The van der Waals surface area contributed by atoms with E-state index in [1.165, 1.54) is 152 Å². The number of hydrogen-bond acceptors (Lipinski definition) is 1. The lowest BCUT2D eigenvalue weighted by Gasteiger charge is -2.28. The summed E-state index contributed by atoms with van der Waals surface area (Å²) in [6, 6.07) is 62.0. The molecule has 1 aromatic heterocycles. The maximum Gasteiger partial charge on any atom is 0.0702 e. The highest BCUT2D eigenvalue weighted by atomic mass is 14.7. The van der Waals surface area contributed by atoms with Gasteiger partial charge in [0.1, 0.15) is 0 Å². The van der Waals surface area contributed by atoms with Gasteiger partial charge in [0.05, 0.1) is 5.69 Å². The van der Waals surface area contributed by atoms with Gasteiger partial charge in [0.2, 0.25) is 0 Å². The van der Waals surface area contributed by atoms with E-state index in [4.69, 9.17) is 4.98 Å². The minimum atomic E-state index is -0.0801. The number of benzene rings is 11. The highest BCUT2D eigenvalue weighted by Crippen LogP contribution is 2.56. The summed E-state index contributed by atoms with van der Waals surface area (Å²) in [5.74, 6) is 0. The fraction of sp³-hybridized carbons (Fsp3) is 0.219. The maximum atomic E-state index is 4.83. The molecule has 0 aliphatic carbocycles.